The average Bonchev–Trinajstić information content (AvgIpc) is 3.31. The third-order valence-corrected chi connectivity index (χ3v) is 14.4. The lowest BCUT2D eigenvalue weighted by molar-refractivity contribution is -0.138. The van der Waals surface area contributed by atoms with Crippen molar-refractivity contribution in [2.45, 2.75) is 89.1 Å². The highest BCUT2D eigenvalue weighted by molar-refractivity contribution is 7.16. The van der Waals surface area contributed by atoms with Crippen molar-refractivity contribution in [2.24, 2.45) is 0 Å². The molecule has 0 saturated carbocycles. The smallest absolute Gasteiger partial charge is 0.409 e. The second kappa shape index (κ2) is 12.5. The van der Waals surface area contributed by atoms with Crippen LogP contribution in [0.15, 0.2) is 11.0 Å². The van der Waals surface area contributed by atoms with Gasteiger partial charge in [-0.15, -0.1) is 0 Å². The molecule has 1 amide bonds. The molecule has 2 N–H and O–H groups in total. The van der Waals surface area contributed by atoms with Gasteiger partial charge >= 0.3 is 11.0 Å². The van der Waals surface area contributed by atoms with Gasteiger partial charge in [0.15, 0.2) is 26.3 Å². The van der Waals surface area contributed by atoms with E-state index in [0.717, 1.165) is 17.4 Å². The molecule has 0 radical (unpaired) electrons. The fraction of sp³-hybridized carbons (Fsp3) is 0.760. The fourth-order valence-corrected chi connectivity index (χ4v) is 6.32. The van der Waals surface area contributed by atoms with Crippen molar-refractivity contribution in [3.8, 4) is 0 Å². The Hall–Kier alpha value is -1.89. The summed E-state index contributed by atoms with van der Waals surface area (Å²) in [5.74, 6) is 0.0255. The molecule has 1 saturated heterocycles. The highest BCUT2D eigenvalue weighted by atomic mass is 32.1. The van der Waals surface area contributed by atoms with Crippen LogP contribution in [-0.4, -0.2) is 94.3 Å². The van der Waals surface area contributed by atoms with Gasteiger partial charge in [-0.1, -0.05) is 51.7 Å². The fourth-order valence-electron chi connectivity index (χ4n) is 3.74. The third-order valence-electron chi connectivity index (χ3n) is 7.27. The molecule has 40 heavy (non-hydrogen) atoms. The van der Waals surface area contributed by atoms with Gasteiger partial charge in [0, 0.05) is 28.8 Å². The van der Waals surface area contributed by atoms with Crippen LogP contribution in [0.25, 0.3) is 10.3 Å². The zero-order chi connectivity index (χ0) is 30.0. The van der Waals surface area contributed by atoms with Crippen molar-refractivity contribution < 1.29 is 28.2 Å². The topological polar surface area (TPSA) is 140 Å². The molecule has 15 heteroatoms. The Kier molecular flexibility index (Phi) is 10.2. The lowest BCUT2D eigenvalue weighted by Gasteiger charge is -2.37. The van der Waals surface area contributed by atoms with Crippen molar-refractivity contribution in [1.82, 2.24) is 19.4 Å². The van der Waals surface area contributed by atoms with Crippen LogP contribution in [0.2, 0.25) is 43.8 Å². The number of anilines is 1. The molecular formula is C25H45N5O7SSi2. The molecule has 1 fully saturated rings. The molecule has 3 rings (SSSR count). The first-order valence-electron chi connectivity index (χ1n) is 13.4. The minimum absolute atomic E-state index is 0.0255. The van der Waals surface area contributed by atoms with Gasteiger partial charge in [0.2, 0.25) is 5.95 Å². The maximum absolute atomic E-state index is 13.2. The van der Waals surface area contributed by atoms with Crippen molar-refractivity contribution >= 4 is 50.1 Å². The highest BCUT2D eigenvalue weighted by Gasteiger charge is 2.51. The summed E-state index contributed by atoms with van der Waals surface area (Å²) in [6.45, 7) is 18.1. The SMILES string of the molecule is CN(C)C(=O)O[C@H]1[C@@H](OCOCC[Si](C)(C)C)[C@H](n2c(=O)sc3cnc(N)nc32)O[C@@H]1CO[Si](C)(C)C(C)(C)C. The number of carbonyl (C=O) groups is 1. The molecule has 226 valence electrons. The second-order valence-electron chi connectivity index (χ2n) is 13.0. The first-order valence-corrected chi connectivity index (χ1v) is 20.8. The first-order chi connectivity index (χ1) is 18.4. The molecule has 0 bridgehead atoms. The number of carbonyl (C=O) groups excluding carboxylic acids is 1. The number of aromatic nitrogens is 3. The van der Waals surface area contributed by atoms with Gasteiger partial charge in [-0.2, -0.15) is 4.98 Å². The Morgan fingerprint density at radius 1 is 1.20 bits per heavy atom. The maximum Gasteiger partial charge on any atom is 0.409 e. The summed E-state index contributed by atoms with van der Waals surface area (Å²) in [5, 5.41) is -0.0458. The normalized spacial score (nSPS) is 22.1. The molecule has 0 aliphatic carbocycles. The van der Waals surface area contributed by atoms with E-state index in [1.807, 2.05) is 0 Å². The summed E-state index contributed by atoms with van der Waals surface area (Å²) in [6, 6.07) is 0.966. The molecule has 1 aliphatic heterocycles. The second-order valence-corrected chi connectivity index (χ2v) is 24.4. The summed E-state index contributed by atoms with van der Waals surface area (Å²) in [5.41, 5.74) is 6.19. The van der Waals surface area contributed by atoms with Crippen LogP contribution in [0.5, 0.6) is 0 Å². The number of amides is 1. The van der Waals surface area contributed by atoms with Crippen LogP contribution in [0.3, 0.4) is 0 Å². The standard InChI is InChI=1S/C25H45N5O7SSi2/c1-25(2,3)40(9,10)35-14-16-18(37-23(31)29(4)5)19(34-15-33-11-12-39(6,7)8)21(36-16)30-20-17(38-24(30)32)13-27-22(26)28-20/h13,16,18-19,21H,11-12,14-15H2,1-10H3,(H2,26,27,28)/t16-,18-,19-,21-/m1/s1. The zero-order valence-electron chi connectivity index (χ0n) is 25.3. The summed E-state index contributed by atoms with van der Waals surface area (Å²) < 4.78 is 32.8. The van der Waals surface area contributed by atoms with Crippen molar-refractivity contribution in [1.29, 1.82) is 0 Å². The van der Waals surface area contributed by atoms with E-state index in [-0.39, 0.29) is 29.3 Å². The van der Waals surface area contributed by atoms with E-state index >= 15 is 0 Å². The quantitative estimate of drug-likeness (QED) is 0.223. The Labute approximate surface area is 242 Å². The minimum atomic E-state index is -2.19. The van der Waals surface area contributed by atoms with Crippen LogP contribution in [0.1, 0.15) is 27.0 Å². The van der Waals surface area contributed by atoms with Gasteiger partial charge in [-0.05, 0) is 24.2 Å². The molecule has 2 aromatic heterocycles. The van der Waals surface area contributed by atoms with Gasteiger partial charge in [0.05, 0.1) is 17.5 Å². The Balaban J connectivity index is 1.98. The highest BCUT2D eigenvalue weighted by Crippen LogP contribution is 2.39. The predicted octanol–water partition coefficient (Wildman–Crippen LogP) is 4.12. The number of nitrogens with zero attached hydrogens (tertiary/aromatic N) is 4. The van der Waals surface area contributed by atoms with E-state index in [4.69, 9.17) is 29.1 Å². The summed E-state index contributed by atoms with van der Waals surface area (Å²) in [7, 11) is -0.292. The van der Waals surface area contributed by atoms with Gasteiger partial charge in [-0.3, -0.25) is 9.36 Å². The monoisotopic (exact) mass is 615 g/mol. The molecule has 0 spiro atoms. The van der Waals surface area contributed by atoms with E-state index < -0.39 is 47.0 Å². The van der Waals surface area contributed by atoms with Crippen LogP contribution in [0, 0.1) is 0 Å². The van der Waals surface area contributed by atoms with Gasteiger partial charge in [-0.25, -0.2) is 9.78 Å². The minimum Gasteiger partial charge on any atom is -0.440 e. The lowest BCUT2D eigenvalue weighted by atomic mass is 10.1. The number of ether oxygens (including phenoxy) is 4. The Morgan fingerprint density at radius 2 is 1.88 bits per heavy atom. The number of nitrogens with two attached hydrogens (primary N) is 1. The molecule has 3 heterocycles. The van der Waals surface area contributed by atoms with Crippen molar-refractivity contribution in [3.63, 3.8) is 0 Å². The van der Waals surface area contributed by atoms with E-state index in [2.05, 4.69) is 63.5 Å². The number of fused-ring (bicyclic) bond motifs is 1. The summed E-state index contributed by atoms with van der Waals surface area (Å²) >= 11 is 0.978. The van der Waals surface area contributed by atoms with Crippen LogP contribution < -0.4 is 10.6 Å². The zero-order valence-corrected chi connectivity index (χ0v) is 28.2. The predicted molar refractivity (Wildman–Crippen MR) is 161 cm³/mol. The maximum atomic E-state index is 13.2. The first kappa shape index (κ1) is 32.6. The number of rotatable bonds is 11. The number of hydrogen-bond acceptors (Lipinski definition) is 11. The lowest BCUT2D eigenvalue weighted by Crippen LogP contribution is -2.46. The van der Waals surface area contributed by atoms with Gasteiger partial charge in [0.1, 0.15) is 19.0 Å². The van der Waals surface area contributed by atoms with Gasteiger partial charge < -0.3 is 34.0 Å². The molecular weight excluding hydrogens is 571 g/mol. The number of nitrogen functional groups attached to an aromatic ring is 1. The van der Waals surface area contributed by atoms with Crippen molar-refractivity contribution in [3.05, 3.63) is 15.9 Å². The molecule has 4 atom stereocenters. The van der Waals surface area contributed by atoms with Crippen LogP contribution in [0.4, 0.5) is 10.7 Å². The average molecular weight is 616 g/mol. The van der Waals surface area contributed by atoms with Gasteiger partial charge in [0.25, 0.3) is 0 Å². The Morgan fingerprint density at radius 3 is 2.48 bits per heavy atom. The van der Waals surface area contributed by atoms with Crippen molar-refractivity contribution in [2.75, 3.05) is 39.8 Å². The van der Waals surface area contributed by atoms with E-state index in [1.165, 1.54) is 15.7 Å². The summed E-state index contributed by atoms with van der Waals surface area (Å²) in [6.07, 6.45) is -2.50. The van der Waals surface area contributed by atoms with E-state index in [9.17, 15) is 9.59 Å². The molecule has 2 aromatic rings. The van der Waals surface area contributed by atoms with E-state index in [1.54, 1.807) is 14.1 Å². The molecule has 0 unspecified atom stereocenters. The number of hydrogen-bond donors (Lipinski definition) is 1. The van der Waals surface area contributed by atoms with Crippen LogP contribution in [-0.2, 0) is 23.4 Å². The largest absolute Gasteiger partial charge is 0.440 e. The van der Waals surface area contributed by atoms with Crippen LogP contribution >= 0.6 is 11.3 Å². The third kappa shape index (κ3) is 7.89. The molecule has 0 aromatic carbocycles. The molecule has 12 nitrogen and oxygen atoms in total. The number of thiazole rings is 1. The Bertz CT molecular complexity index is 1220. The van der Waals surface area contributed by atoms with E-state index in [0.29, 0.717) is 17.0 Å². The summed E-state index contributed by atoms with van der Waals surface area (Å²) in [4.78, 5) is 35.3. The molecule has 1 aliphatic rings.